The summed E-state index contributed by atoms with van der Waals surface area (Å²) in [4.78, 5) is 62.8. The zero-order chi connectivity index (χ0) is 23.9. The molecule has 0 aliphatic rings. The van der Waals surface area contributed by atoms with Crippen molar-refractivity contribution >= 4 is 63.6 Å². The smallest absolute Gasteiger partial charge is 0.325 e. The summed E-state index contributed by atoms with van der Waals surface area (Å²) in [5.74, 6) is -2.42. The molecule has 0 saturated carbocycles. The average molecular weight is 481 g/mol. The zero-order valence-corrected chi connectivity index (χ0v) is 19.3. The van der Waals surface area contributed by atoms with Crippen LogP contribution in [-0.2, 0) is 35.1 Å². The molecule has 0 unspecified atom stereocenters. The molecule has 1 rings (SSSR count). The summed E-state index contributed by atoms with van der Waals surface area (Å²) in [6.07, 6.45) is 0.133. The van der Waals surface area contributed by atoms with Gasteiger partial charge in [0.25, 0.3) is 0 Å². The van der Waals surface area contributed by atoms with E-state index in [0.717, 1.165) is 17.3 Å². The number of amides is 3. The summed E-state index contributed by atoms with van der Waals surface area (Å²) in [6, 6.07) is 5.80. The van der Waals surface area contributed by atoms with Gasteiger partial charge in [-0.25, -0.2) is 0 Å². The lowest BCUT2D eigenvalue weighted by Crippen LogP contribution is -2.50. The van der Waals surface area contributed by atoms with Crippen LogP contribution in [0.2, 0.25) is 0 Å². The van der Waals surface area contributed by atoms with E-state index in [0.29, 0.717) is 5.69 Å². The Hall–Kier alpha value is -3.08. The van der Waals surface area contributed by atoms with E-state index >= 15 is 0 Å². The maximum absolute atomic E-state index is 12.6. The number of ether oxygens (including phenoxy) is 1. The number of hydrogen-bond donors (Lipinski definition) is 3. The Morgan fingerprint density at radius 3 is 2.38 bits per heavy atom. The Kier molecular flexibility index (Phi) is 12.5. The number of isothiocyanates is 1. The van der Waals surface area contributed by atoms with Gasteiger partial charge in [-0.3, -0.25) is 24.0 Å². The van der Waals surface area contributed by atoms with Crippen LogP contribution >= 0.6 is 24.0 Å². The number of rotatable bonds is 12. The molecule has 1 aromatic rings. The maximum atomic E-state index is 12.6. The van der Waals surface area contributed by atoms with Gasteiger partial charge in [-0.1, -0.05) is 23.9 Å². The molecule has 0 fully saturated rings. The lowest BCUT2D eigenvalue weighted by molar-refractivity contribution is -0.143. The second-order valence-electron chi connectivity index (χ2n) is 6.27. The summed E-state index contributed by atoms with van der Waals surface area (Å²) in [6.45, 7) is 2.45. The van der Waals surface area contributed by atoms with Crippen molar-refractivity contribution in [3.63, 3.8) is 0 Å². The van der Waals surface area contributed by atoms with Crippen LogP contribution in [0, 0.1) is 0 Å². The van der Waals surface area contributed by atoms with E-state index in [2.05, 4.69) is 38.3 Å². The van der Waals surface area contributed by atoms with Crippen LogP contribution in [0.25, 0.3) is 0 Å². The molecule has 0 radical (unpaired) electrons. The van der Waals surface area contributed by atoms with Crippen molar-refractivity contribution in [3.8, 4) is 0 Å². The zero-order valence-electron chi connectivity index (χ0n) is 17.6. The first-order valence-electron chi connectivity index (χ1n) is 9.54. The molecular weight excluding hydrogens is 456 g/mol. The van der Waals surface area contributed by atoms with Crippen molar-refractivity contribution in [1.82, 2.24) is 16.0 Å². The number of carbonyl (C=O) groups is 5. The van der Waals surface area contributed by atoms with Gasteiger partial charge in [-0.2, -0.15) is 4.99 Å². The molecule has 0 saturated heterocycles. The van der Waals surface area contributed by atoms with E-state index in [1.165, 1.54) is 6.92 Å². The van der Waals surface area contributed by atoms with Gasteiger partial charge in [0.15, 0.2) is 5.12 Å². The van der Waals surface area contributed by atoms with Gasteiger partial charge < -0.3 is 20.7 Å². The monoisotopic (exact) mass is 480 g/mol. The van der Waals surface area contributed by atoms with Crippen LogP contribution in [0.4, 0.5) is 5.69 Å². The van der Waals surface area contributed by atoms with Crippen molar-refractivity contribution in [3.05, 3.63) is 29.8 Å². The van der Waals surface area contributed by atoms with Crippen LogP contribution in [0.15, 0.2) is 29.3 Å². The first-order chi connectivity index (χ1) is 15.2. The summed E-state index contributed by atoms with van der Waals surface area (Å²) in [5.41, 5.74) is 1.31. The van der Waals surface area contributed by atoms with Crippen LogP contribution in [0.1, 0.15) is 19.4 Å². The van der Waals surface area contributed by atoms with Gasteiger partial charge in [0, 0.05) is 13.3 Å². The average Bonchev–Trinajstić information content (AvgIpc) is 2.75. The Bertz CT molecular complexity index is 885. The van der Waals surface area contributed by atoms with Crippen molar-refractivity contribution in [2.75, 3.05) is 25.4 Å². The predicted molar refractivity (Wildman–Crippen MR) is 123 cm³/mol. The van der Waals surface area contributed by atoms with Crippen LogP contribution in [0.3, 0.4) is 0 Å². The van der Waals surface area contributed by atoms with E-state index < -0.39 is 36.3 Å². The highest BCUT2D eigenvalue weighted by Gasteiger charge is 2.22. The molecule has 0 heterocycles. The van der Waals surface area contributed by atoms with Gasteiger partial charge in [0.05, 0.1) is 29.8 Å². The minimum absolute atomic E-state index is 0.133. The minimum atomic E-state index is -0.993. The number of thioether (sulfide) groups is 1. The van der Waals surface area contributed by atoms with Gasteiger partial charge in [-0.15, -0.1) is 0 Å². The highest BCUT2D eigenvalue weighted by Crippen LogP contribution is 2.14. The number of nitrogens with one attached hydrogen (secondary N) is 3. The molecule has 10 nitrogen and oxygen atoms in total. The van der Waals surface area contributed by atoms with Gasteiger partial charge >= 0.3 is 5.97 Å². The fourth-order valence-electron chi connectivity index (χ4n) is 2.34. The number of hydrogen-bond acceptors (Lipinski definition) is 9. The standard InChI is InChI=1S/C20H24N4O6S2/c1-3-30-19(28)10-21-17(26)9-22-20(29)16(24-18(27)11-32-13(2)25)8-14-4-6-15(7-5-14)23-12-31/h4-7,16H,3,8-11H2,1-2H3,(H,21,26)(H,22,29)(H,24,27)/t16-/m0/s1. The molecule has 0 aliphatic carbocycles. The van der Waals surface area contributed by atoms with Crippen molar-refractivity contribution in [2.24, 2.45) is 4.99 Å². The fourth-order valence-corrected chi connectivity index (χ4v) is 2.87. The molecule has 12 heteroatoms. The topological polar surface area (TPSA) is 143 Å². The third-order valence-electron chi connectivity index (χ3n) is 3.77. The fraction of sp³-hybridized carbons (Fsp3) is 0.400. The molecule has 32 heavy (non-hydrogen) atoms. The molecule has 0 aromatic heterocycles. The first kappa shape index (κ1) is 27.0. The molecular formula is C20H24N4O6S2. The summed E-state index contributed by atoms with van der Waals surface area (Å²) < 4.78 is 4.70. The number of nitrogens with zero attached hydrogens (tertiary/aromatic N) is 1. The molecule has 0 aliphatic heterocycles. The van der Waals surface area contributed by atoms with Gasteiger partial charge in [-0.05, 0) is 36.8 Å². The highest BCUT2D eigenvalue weighted by molar-refractivity contribution is 8.14. The SMILES string of the molecule is CCOC(=O)CNC(=O)CNC(=O)[C@H](Cc1ccc(N=C=S)cc1)NC(=O)CSC(C)=O. The third-order valence-corrected chi connectivity index (χ3v) is 4.67. The van der Waals surface area contributed by atoms with Gasteiger partial charge in [0.2, 0.25) is 17.7 Å². The van der Waals surface area contributed by atoms with Crippen LogP contribution in [-0.4, -0.2) is 65.5 Å². The number of carbonyl (C=O) groups excluding carboxylic acids is 5. The minimum Gasteiger partial charge on any atom is -0.465 e. The van der Waals surface area contributed by atoms with E-state index in [4.69, 9.17) is 4.74 Å². The number of benzene rings is 1. The van der Waals surface area contributed by atoms with Crippen molar-refractivity contribution in [2.45, 2.75) is 26.3 Å². The van der Waals surface area contributed by atoms with Crippen LogP contribution in [0.5, 0.6) is 0 Å². The number of aliphatic imine (C=N–C) groups is 1. The highest BCUT2D eigenvalue weighted by atomic mass is 32.2. The van der Waals surface area contributed by atoms with E-state index in [1.54, 1.807) is 31.2 Å². The van der Waals surface area contributed by atoms with Crippen molar-refractivity contribution in [1.29, 1.82) is 0 Å². The summed E-state index contributed by atoms with van der Waals surface area (Å²) >= 11 is 5.37. The lowest BCUT2D eigenvalue weighted by Gasteiger charge is -2.18. The van der Waals surface area contributed by atoms with Crippen LogP contribution < -0.4 is 16.0 Å². The molecule has 1 aromatic carbocycles. The lowest BCUT2D eigenvalue weighted by atomic mass is 10.0. The third kappa shape index (κ3) is 11.3. The Labute approximate surface area is 194 Å². The van der Waals surface area contributed by atoms with Crippen molar-refractivity contribution < 1.29 is 28.7 Å². The Morgan fingerprint density at radius 2 is 1.78 bits per heavy atom. The summed E-state index contributed by atoms with van der Waals surface area (Å²) in [5, 5.41) is 9.34. The molecule has 172 valence electrons. The predicted octanol–water partition coefficient (Wildman–Crippen LogP) is 0.523. The second kappa shape index (κ2) is 14.8. The van der Waals surface area contributed by atoms with E-state index in [9.17, 15) is 24.0 Å². The first-order valence-corrected chi connectivity index (χ1v) is 10.9. The molecule has 1 atom stereocenters. The Morgan fingerprint density at radius 1 is 1.09 bits per heavy atom. The molecule has 3 amide bonds. The number of esters is 1. The second-order valence-corrected chi connectivity index (χ2v) is 7.61. The largest absolute Gasteiger partial charge is 0.465 e. The molecule has 0 bridgehead atoms. The Balaban J connectivity index is 2.75. The molecule has 3 N–H and O–H groups in total. The normalized spacial score (nSPS) is 10.8. The van der Waals surface area contributed by atoms with E-state index in [-0.39, 0.29) is 30.4 Å². The molecule has 0 spiro atoms. The quantitative estimate of drug-likeness (QED) is 0.223. The maximum Gasteiger partial charge on any atom is 0.325 e. The number of thiocarbonyl (C=S) groups is 1. The van der Waals surface area contributed by atoms with Gasteiger partial charge in [0.1, 0.15) is 12.6 Å². The summed E-state index contributed by atoms with van der Waals surface area (Å²) in [7, 11) is 0. The van der Waals surface area contributed by atoms with E-state index in [1.807, 2.05) is 0 Å².